The molecule has 0 spiro atoms. The van der Waals surface area contributed by atoms with E-state index in [9.17, 15) is 5.11 Å². The number of para-hydroxylation sites is 2. The fourth-order valence-electron chi connectivity index (χ4n) is 7.77. The molecule has 0 unspecified atom stereocenters. The molecule has 9 aromatic rings. The van der Waals surface area contributed by atoms with Crippen molar-refractivity contribution in [2.75, 3.05) is 4.90 Å². The van der Waals surface area contributed by atoms with Gasteiger partial charge in [-0.05, 0) is 80.3 Å². The summed E-state index contributed by atoms with van der Waals surface area (Å²) in [5.41, 5.74) is 8.56. The molecule has 9 aromatic carbocycles. The molecule has 0 aliphatic carbocycles. The van der Waals surface area contributed by atoms with Gasteiger partial charge in [-0.3, -0.25) is 0 Å². The van der Waals surface area contributed by atoms with E-state index in [1.807, 2.05) is 42.5 Å². The average molecular weight is 652 g/mol. The number of rotatable bonds is 7. The molecule has 0 heterocycles. The molecule has 0 saturated heterocycles. The average Bonchev–Trinajstić information content (AvgIpc) is 3.20. The maximum atomic E-state index is 11.9. The summed E-state index contributed by atoms with van der Waals surface area (Å²) in [5.74, 6) is 0.239. The summed E-state index contributed by atoms with van der Waals surface area (Å²) in [6, 6.07) is 70.4. The normalized spacial score (nSPS) is 11.2. The van der Waals surface area contributed by atoms with Gasteiger partial charge in [-0.2, -0.15) is 0 Å². The van der Waals surface area contributed by atoms with Crippen LogP contribution in [0.2, 0.25) is 0 Å². The number of hydrogen-bond acceptors (Lipinski definition) is 2. The van der Waals surface area contributed by atoms with Crippen molar-refractivity contribution in [3.8, 4) is 16.9 Å². The van der Waals surface area contributed by atoms with Crippen molar-refractivity contribution in [3.63, 3.8) is 0 Å². The van der Waals surface area contributed by atoms with Crippen molar-refractivity contribution >= 4 is 72.5 Å². The summed E-state index contributed by atoms with van der Waals surface area (Å²) in [6.45, 7) is 0.0638. The van der Waals surface area contributed by atoms with Crippen LogP contribution in [0.15, 0.2) is 200 Å². The number of nitrogens with zero attached hydrogens (tertiary/aromatic N) is 1. The van der Waals surface area contributed by atoms with Gasteiger partial charge in [-0.25, -0.2) is 0 Å². The summed E-state index contributed by atoms with van der Waals surface area (Å²) >= 11 is 0. The molecular weight excluding hydrogens is 617 g/mol. The van der Waals surface area contributed by atoms with Crippen LogP contribution in [-0.4, -0.2) is 11.8 Å². The molecule has 0 aliphatic heterocycles. The molecule has 240 valence electrons. The molecule has 0 radical (unpaired) electrons. The van der Waals surface area contributed by atoms with Gasteiger partial charge in [0.25, 0.3) is 0 Å². The zero-order valence-corrected chi connectivity index (χ0v) is 28.0. The summed E-state index contributed by atoms with van der Waals surface area (Å²) in [6.07, 6.45) is 0. The van der Waals surface area contributed by atoms with Crippen LogP contribution in [0.5, 0.6) is 5.75 Å². The first-order chi connectivity index (χ1) is 25.2. The molecule has 0 saturated carbocycles. The summed E-state index contributed by atoms with van der Waals surface area (Å²) in [4.78, 5) is 2.17. The standard InChI is InChI=1S/C48H34BNO/c51-48-31-38(50(36-21-9-3-10-22-36)37-23-11-4-12-24-37)29-30-43(48)44-32-45-41-27-15-16-28-42(41)47(33-46(45)40-26-14-13-25-39(40)44)49(34-17-5-1-6-18-34)35-19-7-2-8-20-35/h1-33,51H. The second-order valence-electron chi connectivity index (χ2n) is 13.0. The minimum absolute atomic E-state index is 0.0638. The van der Waals surface area contributed by atoms with Gasteiger partial charge in [0.05, 0.1) is 0 Å². The molecule has 1 N–H and O–H groups in total. The second kappa shape index (κ2) is 13.0. The smallest absolute Gasteiger partial charge is 0.242 e. The summed E-state index contributed by atoms with van der Waals surface area (Å²) < 4.78 is 0. The Hall–Kier alpha value is -6.58. The van der Waals surface area contributed by atoms with Gasteiger partial charge in [0, 0.05) is 28.7 Å². The highest BCUT2D eigenvalue weighted by Crippen LogP contribution is 2.43. The molecule has 0 amide bonds. The molecule has 0 fully saturated rings. The second-order valence-corrected chi connectivity index (χ2v) is 13.0. The van der Waals surface area contributed by atoms with E-state index in [0.717, 1.165) is 39.0 Å². The van der Waals surface area contributed by atoms with E-state index in [1.54, 1.807) is 0 Å². The molecule has 9 rings (SSSR count). The van der Waals surface area contributed by atoms with Crippen LogP contribution < -0.4 is 21.3 Å². The van der Waals surface area contributed by atoms with Crippen molar-refractivity contribution in [2.24, 2.45) is 0 Å². The van der Waals surface area contributed by atoms with Gasteiger partial charge in [0.15, 0.2) is 0 Å². The fourth-order valence-corrected chi connectivity index (χ4v) is 7.77. The third-order valence-electron chi connectivity index (χ3n) is 10.0. The highest BCUT2D eigenvalue weighted by atomic mass is 16.3. The van der Waals surface area contributed by atoms with E-state index in [4.69, 9.17) is 0 Å². The molecule has 3 heteroatoms. The number of phenolic OH excluding ortho intramolecular Hbond substituents is 1. The van der Waals surface area contributed by atoms with Crippen molar-refractivity contribution in [2.45, 2.75) is 0 Å². The maximum Gasteiger partial charge on any atom is 0.242 e. The Bertz CT molecular complexity index is 2560. The highest BCUT2D eigenvalue weighted by molar-refractivity contribution is 6.97. The molecule has 51 heavy (non-hydrogen) atoms. The lowest BCUT2D eigenvalue weighted by Gasteiger charge is -2.26. The maximum absolute atomic E-state index is 11.9. The number of phenols is 1. The lowest BCUT2D eigenvalue weighted by atomic mass is 9.36. The predicted octanol–water partition coefficient (Wildman–Crippen LogP) is 10.5. The minimum Gasteiger partial charge on any atom is -0.507 e. The fraction of sp³-hybridized carbons (Fsp3) is 0. The quantitative estimate of drug-likeness (QED) is 0.137. The Labute approximate surface area is 298 Å². The lowest BCUT2D eigenvalue weighted by molar-refractivity contribution is 0.477. The third-order valence-corrected chi connectivity index (χ3v) is 10.0. The van der Waals surface area contributed by atoms with Crippen molar-refractivity contribution in [3.05, 3.63) is 200 Å². The Morgan fingerprint density at radius 3 is 1.33 bits per heavy atom. The van der Waals surface area contributed by atoms with Gasteiger partial charge in [0.2, 0.25) is 6.71 Å². The molecular formula is C48H34BNO. The molecule has 0 bridgehead atoms. The lowest BCUT2D eigenvalue weighted by Crippen LogP contribution is -2.52. The Morgan fingerprint density at radius 1 is 0.333 bits per heavy atom. The van der Waals surface area contributed by atoms with Gasteiger partial charge in [-0.1, -0.05) is 168 Å². The van der Waals surface area contributed by atoms with E-state index in [2.05, 4.69) is 163 Å². The van der Waals surface area contributed by atoms with E-state index < -0.39 is 0 Å². The Balaban J connectivity index is 1.26. The zero-order valence-electron chi connectivity index (χ0n) is 28.0. The number of aromatic hydroxyl groups is 1. The van der Waals surface area contributed by atoms with E-state index in [0.29, 0.717) is 0 Å². The van der Waals surface area contributed by atoms with Gasteiger partial charge >= 0.3 is 0 Å². The number of hydrogen-bond donors (Lipinski definition) is 1. The Kier molecular flexibility index (Phi) is 7.79. The molecule has 2 nitrogen and oxygen atoms in total. The number of anilines is 3. The van der Waals surface area contributed by atoms with Crippen LogP contribution in [0.3, 0.4) is 0 Å². The summed E-state index contributed by atoms with van der Waals surface area (Å²) in [7, 11) is 0. The van der Waals surface area contributed by atoms with Crippen LogP contribution >= 0.6 is 0 Å². The number of fused-ring (bicyclic) bond motifs is 5. The first-order valence-corrected chi connectivity index (χ1v) is 17.5. The zero-order chi connectivity index (χ0) is 34.1. The third kappa shape index (κ3) is 5.50. The SMILES string of the molecule is Oc1cc(N(c2ccccc2)c2ccccc2)ccc1-c1cc2c3ccccc3c(B(c3ccccc3)c3ccccc3)cc2c2ccccc12. The van der Waals surface area contributed by atoms with Crippen molar-refractivity contribution in [1.82, 2.24) is 0 Å². The topological polar surface area (TPSA) is 23.5 Å². The molecule has 0 aromatic heterocycles. The largest absolute Gasteiger partial charge is 0.507 e. The first kappa shape index (κ1) is 30.5. The van der Waals surface area contributed by atoms with Crippen LogP contribution in [0.1, 0.15) is 0 Å². The number of benzene rings is 9. The van der Waals surface area contributed by atoms with E-state index >= 15 is 0 Å². The van der Waals surface area contributed by atoms with Crippen LogP contribution in [0.4, 0.5) is 17.1 Å². The Morgan fingerprint density at radius 2 is 0.784 bits per heavy atom. The highest BCUT2D eigenvalue weighted by Gasteiger charge is 2.25. The van der Waals surface area contributed by atoms with Crippen molar-refractivity contribution < 1.29 is 5.11 Å². The van der Waals surface area contributed by atoms with Gasteiger partial charge in [-0.15, -0.1) is 0 Å². The van der Waals surface area contributed by atoms with Crippen molar-refractivity contribution in [1.29, 1.82) is 0 Å². The molecule has 0 atom stereocenters. The van der Waals surface area contributed by atoms with E-state index in [-0.39, 0.29) is 12.5 Å². The van der Waals surface area contributed by atoms with Gasteiger partial charge < -0.3 is 10.0 Å². The minimum atomic E-state index is 0.0638. The van der Waals surface area contributed by atoms with Crippen LogP contribution in [-0.2, 0) is 0 Å². The van der Waals surface area contributed by atoms with Gasteiger partial charge in [0.1, 0.15) is 5.75 Å². The van der Waals surface area contributed by atoms with Crippen LogP contribution in [0, 0.1) is 0 Å². The summed E-state index contributed by atoms with van der Waals surface area (Å²) in [5, 5.41) is 18.9. The predicted molar refractivity (Wildman–Crippen MR) is 218 cm³/mol. The first-order valence-electron chi connectivity index (χ1n) is 17.5. The van der Waals surface area contributed by atoms with Crippen LogP contribution in [0.25, 0.3) is 43.4 Å². The molecule has 0 aliphatic rings. The van der Waals surface area contributed by atoms with E-state index in [1.165, 1.54) is 37.9 Å². The monoisotopic (exact) mass is 651 g/mol.